The molecule has 0 bridgehead atoms. The molecule has 0 N–H and O–H groups in total. The summed E-state index contributed by atoms with van der Waals surface area (Å²) in [7, 11) is 0. The lowest BCUT2D eigenvalue weighted by Crippen LogP contribution is -2.12. The highest BCUT2D eigenvalue weighted by molar-refractivity contribution is 6.39. The van der Waals surface area contributed by atoms with Crippen LogP contribution in [0.5, 0.6) is 5.75 Å². The molecule has 0 aliphatic carbocycles. The monoisotopic (exact) mass is 426 g/mol. The van der Waals surface area contributed by atoms with Gasteiger partial charge in [-0.05, 0) is 37.3 Å². The summed E-state index contributed by atoms with van der Waals surface area (Å²) in [5, 5.41) is 2.39. The first kappa shape index (κ1) is 19.4. The van der Waals surface area contributed by atoms with Crippen LogP contribution in [0.25, 0.3) is 21.8 Å². The van der Waals surface area contributed by atoms with E-state index in [0.29, 0.717) is 32.6 Å². The van der Waals surface area contributed by atoms with Crippen LogP contribution >= 0.6 is 23.2 Å². The number of para-hydroxylation sites is 1. The largest absolute Gasteiger partial charge is 0.483 e. The number of pyridine rings is 2. The zero-order valence-corrected chi connectivity index (χ0v) is 17.0. The lowest BCUT2D eigenvalue weighted by molar-refractivity contribution is 0.0523. The van der Waals surface area contributed by atoms with Crippen molar-refractivity contribution in [1.29, 1.82) is 0 Å². The maximum atomic E-state index is 12.5. The maximum Gasteiger partial charge on any atom is 0.340 e. The van der Waals surface area contributed by atoms with Gasteiger partial charge in [0.25, 0.3) is 0 Å². The van der Waals surface area contributed by atoms with Crippen LogP contribution in [0.1, 0.15) is 23.0 Å². The van der Waals surface area contributed by atoms with Crippen molar-refractivity contribution in [3.05, 3.63) is 76.0 Å². The number of benzene rings is 2. The van der Waals surface area contributed by atoms with E-state index in [1.807, 2.05) is 30.3 Å². The van der Waals surface area contributed by atoms with Crippen LogP contribution in [0.4, 0.5) is 0 Å². The zero-order valence-electron chi connectivity index (χ0n) is 15.5. The van der Waals surface area contributed by atoms with Crippen molar-refractivity contribution in [3.8, 4) is 5.75 Å². The summed E-state index contributed by atoms with van der Waals surface area (Å²) >= 11 is 12.6. The third-order valence-electron chi connectivity index (χ3n) is 4.40. The fourth-order valence-corrected chi connectivity index (χ4v) is 3.65. The number of halogens is 2. The van der Waals surface area contributed by atoms with Crippen molar-refractivity contribution < 1.29 is 14.3 Å². The Hall–Kier alpha value is -2.89. The molecule has 2 aromatic carbocycles. The molecule has 2 heterocycles. The Kier molecular flexibility index (Phi) is 5.51. The molecular weight excluding hydrogens is 411 g/mol. The number of nitrogens with zero attached hydrogens (tertiary/aromatic N) is 2. The van der Waals surface area contributed by atoms with Gasteiger partial charge < -0.3 is 9.47 Å². The average molecular weight is 427 g/mol. The molecule has 29 heavy (non-hydrogen) atoms. The van der Waals surface area contributed by atoms with Crippen molar-refractivity contribution in [3.63, 3.8) is 0 Å². The topological polar surface area (TPSA) is 61.3 Å². The Bertz CT molecular complexity index is 1230. The van der Waals surface area contributed by atoms with Gasteiger partial charge in [-0.1, -0.05) is 41.4 Å². The highest BCUT2D eigenvalue weighted by Gasteiger charge is 2.18. The number of carbonyl (C=O) groups is 1. The molecule has 0 unspecified atom stereocenters. The molecule has 0 spiro atoms. The van der Waals surface area contributed by atoms with E-state index >= 15 is 0 Å². The second-order valence-corrected chi connectivity index (χ2v) is 7.07. The highest BCUT2D eigenvalue weighted by Crippen LogP contribution is 2.37. The summed E-state index contributed by atoms with van der Waals surface area (Å²) in [6.45, 7) is 2.05. The third-order valence-corrected chi connectivity index (χ3v) is 5.00. The number of hydrogen-bond donors (Lipinski definition) is 0. The Morgan fingerprint density at radius 2 is 1.90 bits per heavy atom. The van der Waals surface area contributed by atoms with Crippen LogP contribution in [0.15, 0.2) is 54.7 Å². The number of rotatable bonds is 5. The fourth-order valence-electron chi connectivity index (χ4n) is 3.08. The van der Waals surface area contributed by atoms with Gasteiger partial charge in [-0.3, -0.25) is 4.98 Å². The molecule has 2 aromatic heterocycles. The predicted octanol–water partition coefficient (Wildman–Crippen LogP) is 5.85. The van der Waals surface area contributed by atoms with Crippen LogP contribution in [0, 0.1) is 0 Å². The minimum Gasteiger partial charge on any atom is -0.483 e. The Labute approximate surface area is 177 Å². The summed E-state index contributed by atoms with van der Waals surface area (Å²) < 4.78 is 11.2. The van der Waals surface area contributed by atoms with Gasteiger partial charge in [0.2, 0.25) is 0 Å². The Morgan fingerprint density at radius 1 is 1.07 bits per heavy atom. The normalized spacial score (nSPS) is 11.0. The van der Waals surface area contributed by atoms with E-state index in [1.54, 1.807) is 31.3 Å². The van der Waals surface area contributed by atoms with E-state index in [1.165, 1.54) is 0 Å². The number of aromatic nitrogens is 2. The van der Waals surface area contributed by atoms with E-state index < -0.39 is 5.97 Å². The first-order valence-corrected chi connectivity index (χ1v) is 9.75. The minimum absolute atomic E-state index is 0.0198. The summed E-state index contributed by atoms with van der Waals surface area (Å²) in [6.07, 6.45) is 1.64. The fraction of sp³-hybridized carbons (Fsp3) is 0.136. The standard InChI is InChI=1S/C22H16Cl2N2O3/c1-2-28-22(27)15-10-13-6-3-4-8-18(13)26-19(15)12-29-21-17(24)11-16(23)14-7-5-9-25-20(14)21/h3-11H,2,12H2,1H3. The average Bonchev–Trinajstić information content (AvgIpc) is 2.73. The number of ether oxygens (including phenoxy) is 2. The van der Waals surface area contributed by atoms with E-state index in [4.69, 9.17) is 32.7 Å². The molecule has 0 saturated carbocycles. The molecule has 0 fully saturated rings. The third kappa shape index (κ3) is 3.84. The molecule has 0 radical (unpaired) electrons. The van der Waals surface area contributed by atoms with Crippen LogP contribution in [0.2, 0.25) is 10.0 Å². The minimum atomic E-state index is -0.450. The van der Waals surface area contributed by atoms with Crippen LogP contribution in [0.3, 0.4) is 0 Å². The molecule has 146 valence electrons. The van der Waals surface area contributed by atoms with Crippen LogP contribution in [-0.4, -0.2) is 22.5 Å². The highest BCUT2D eigenvalue weighted by atomic mass is 35.5. The second-order valence-electron chi connectivity index (χ2n) is 6.25. The predicted molar refractivity (Wildman–Crippen MR) is 114 cm³/mol. The first-order valence-electron chi connectivity index (χ1n) is 8.99. The number of hydrogen-bond acceptors (Lipinski definition) is 5. The number of esters is 1. The van der Waals surface area contributed by atoms with Crippen LogP contribution < -0.4 is 4.74 Å². The molecule has 5 nitrogen and oxygen atoms in total. The molecule has 0 aliphatic rings. The van der Waals surface area contributed by atoms with Gasteiger partial charge >= 0.3 is 5.97 Å². The molecule has 4 aromatic rings. The van der Waals surface area contributed by atoms with Crippen molar-refractivity contribution in [1.82, 2.24) is 9.97 Å². The smallest absolute Gasteiger partial charge is 0.340 e. The lowest BCUT2D eigenvalue weighted by atomic mass is 10.1. The zero-order chi connectivity index (χ0) is 20.4. The molecule has 0 saturated heterocycles. The van der Waals surface area contributed by atoms with Gasteiger partial charge in [-0.15, -0.1) is 0 Å². The van der Waals surface area contributed by atoms with Crippen molar-refractivity contribution in [2.75, 3.05) is 6.61 Å². The lowest BCUT2D eigenvalue weighted by Gasteiger charge is -2.14. The van der Waals surface area contributed by atoms with Crippen molar-refractivity contribution in [2.24, 2.45) is 0 Å². The van der Waals surface area contributed by atoms with E-state index in [2.05, 4.69) is 9.97 Å². The maximum absolute atomic E-state index is 12.5. The van der Waals surface area contributed by atoms with Gasteiger partial charge in [-0.25, -0.2) is 9.78 Å². The summed E-state index contributed by atoms with van der Waals surface area (Å²) in [5.41, 5.74) is 2.11. The van der Waals surface area contributed by atoms with E-state index in [0.717, 1.165) is 16.3 Å². The van der Waals surface area contributed by atoms with E-state index in [9.17, 15) is 4.79 Å². The van der Waals surface area contributed by atoms with Crippen molar-refractivity contribution >= 4 is 51.0 Å². The first-order chi connectivity index (χ1) is 14.1. The van der Waals surface area contributed by atoms with Gasteiger partial charge in [0.1, 0.15) is 12.1 Å². The number of fused-ring (bicyclic) bond motifs is 2. The Morgan fingerprint density at radius 3 is 2.72 bits per heavy atom. The SMILES string of the molecule is CCOC(=O)c1cc2ccccc2nc1COc1c(Cl)cc(Cl)c2cccnc12. The van der Waals surface area contributed by atoms with Gasteiger partial charge in [-0.2, -0.15) is 0 Å². The van der Waals surface area contributed by atoms with Gasteiger partial charge in [0, 0.05) is 17.0 Å². The molecule has 0 aliphatic heterocycles. The Balaban J connectivity index is 1.76. The summed E-state index contributed by atoms with van der Waals surface area (Å²) in [5.74, 6) is -0.0639. The summed E-state index contributed by atoms with van der Waals surface area (Å²) in [6, 6.07) is 14.5. The molecule has 0 atom stereocenters. The second kappa shape index (κ2) is 8.23. The summed E-state index contributed by atoms with van der Waals surface area (Å²) in [4.78, 5) is 21.4. The molecular formula is C22H16Cl2N2O3. The molecule has 7 heteroatoms. The number of carbonyl (C=O) groups excluding carboxylic acids is 1. The van der Waals surface area contributed by atoms with Crippen LogP contribution in [-0.2, 0) is 11.3 Å². The quantitative estimate of drug-likeness (QED) is 0.374. The van der Waals surface area contributed by atoms with Gasteiger partial charge in [0.15, 0.2) is 5.75 Å². The van der Waals surface area contributed by atoms with E-state index in [-0.39, 0.29) is 13.2 Å². The molecule has 4 rings (SSSR count). The molecule has 0 amide bonds. The van der Waals surface area contributed by atoms with Crippen molar-refractivity contribution in [2.45, 2.75) is 13.5 Å². The van der Waals surface area contributed by atoms with Gasteiger partial charge in [0.05, 0.1) is 33.4 Å².